The number of primary amides is 1. The van der Waals surface area contributed by atoms with Gasteiger partial charge < -0.3 is 49.9 Å². The minimum Gasteiger partial charge on any atom is -0.550 e. The van der Waals surface area contributed by atoms with Crippen molar-refractivity contribution in [2.75, 3.05) is 61.4 Å². The zero-order chi connectivity index (χ0) is 25.3. The number of hydrogen-bond acceptors (Lipinski definition) is 5. The van der Waals surface area contributed by atoms with Gasteiger partial charge in [0.25, 0.3) is 0 Å². The van der Waals surface area contributed by atoms with E-state index in [1.807, 2.05) is 21.1 Å². The van der Waals surface area contributed by atoms with Crippen molar-refractivity contribution in [3.8, 4) is 0 Å². The number of aliphatic carboxylic acids is 1. The molecule has 0 fully saturated rings. The van der Waals surface area contributed by atoms with Crippen LogP contribution in [0.4, 0.5) is 0 Å². The quantitative estimate of drug-likeness (QED) is 0.0911. The Balaban J connectivity index is -0.000000801. The Kier molecular flexibility index (Phi) is 24.3. The molecule has 9 nitrogen and oxygen atoms in total. The van der Waals surface area contributed by atoms with Crippen LogP contribution >= 0.6 is 0 Å². The van der Waals surface area contributed by atoms with Crippen LogP contribution in [0.3, 0.4) is 0 Å². The van der Waals surface area contributed by atoms with Crippen LogP contribution in [0, 0.1) is 32.1 Å². The third-order valence-electron chi connectivity index (χ3n) is 5.86. The third kappa shape index (κ3) is 19.4. The Morgan fingerprint density at radius 2 is 1.53 bits per heavy atom. The monoisotopic (exact) mass is 528 g/mol. The second kappa shape index (κ2) is 19.4. The largest absolute Gasteiger partial charge is 1.00 e. The van der Waals surface area contributed by atoms with Gasteiger partial charge in [0.15, 0.2) is 6.10 Å². The van der Waals surface area contributed by atoms with Crippen LogP contribution in [-0.2, 0) is 14.4 Å². The molecular formula is C26H57N4NaO5. The van der Waals surface area contributed by atoms with E-state index < -0.39 is 35.2 Å². The molecule has 36 heavy (non-hydrogen) atoms. The number of carbonyl (C=O) groups is 3. The third-order valence-corrected chi connectivity index (χ3v) is 5.86. The molecule has 0 spiro atoms. The van der Waals surface area contributed by atoms with Gasteiger partial charge in [0.05, 0.1) is 41.8 Å². The number of quaternary nitrogens is 2. The van der Waals surface area contributed by atoms with Crippen molar-refractivity contribution in [2.24, 2.45) is 23.0 Å². The first-order valence-electron chi connectivity index (χ1n) is 11.5. The number of carboxylic acid groups (broad SMARTS) is 1. The molecule has 0 aliphatic heterocycles. The molecule has 2 amide bonds. The van der Waals surface area contributed by atoms with Crippen molar-refractivity contribution in [1.29, 1.82) is 0 Å². The fourth-order valence-corrected chi connectivity index (χ4v) is 4.10. The van der Waals surface area contributed by atoms with Gasteiger partial charge in [0.1, 0.15) is 13.1 Å². The number of aliphatic hydroxyl groups excluding tert-OH is 1. The van der Waals surface area contributed by atoms with Gasteiger partial charge in [-0.3, -0.25) is 9.59 Å². The Hall–Kier alpha value is -0.710. The summed E-state index contributed by atoms with van der Waals surface area (Å²) < 4.78 is 1.33. The first-order chi connectivity index (χ1) is 14.4. The van der Waals surface area contributed by atoms with Crippen molar-refractivity contribution in [3.05, 3.63) is 14.9 Å². The molecule has 3 atom stereocenters. The van der Waals surface area contributed by atoms with Crippen molar-refractivity contribution in [1.82, 2.24) is 5.32 Å². The van der Waals surface area contributed by atoms with Crippen LogP contribution in [-0.4, -0.2) is 99.4 Å². The number of carbonyl (C=O) groups excluding carboxylic acids is 3. The predicted molar refractivity (Wildman–Crippen MR) is 142 cm³/mol. The molecule has 0 saturated heterocycles. The number of nitrogens with one attached hydrogen (secondary N) is 1. The van der Waals surface area contributed by atoms with Gasteiger partial charge in [-0.05, 0) is 19.3 Å². The van der Waals surface area contributed by atoms with Crippen molar-refractivity contribution >= 4 is 17.8 Å². The minimum absolute atomic E-state index is 0. The number of amides is 2. The summed E-state index contributed by atoms with van der Waals surface area (Å²) >= 11 is 0. The summed E-state index contributed by atoms with van der Waals surface area (Å²) in [6, 6.07) is 0. The molecule has 4 N–H and O–H groups in total. The normalized spacial score (nSPS) is 13.9. The molecule has 0 rings (SSSR count). The van der Waals surface area contributed by atoms with Crippen molar-refractivity contribution < 1.29 is 63.1 Å². The average molecular weight is 529 g/mol. The summed E-state index contributed by atoms with van der Waals surface area (Å²) in [6.07, 6.45) is 0.918. The Morgan fingerprint density at radius 3 is 1.92 bits per heavy atom. The van der Waals surface area contributed by atoms with E-state index >= 15 is 0 Å². The van der Waals surface area contributed by atoms with Gasteiger partial charge in [-0.15, -0.1) is 0 Å². The van der Waals surface area contributed by atoms with Gasteiger partial charge in [0, 0.05) is 36.2 Å². The molecule has 0 aromatic carbocycles. The SMILES string of the molecule is C.CCC(CC(CC(C)(C)C(=O)NCCC[N+](C)(C)CC(O)C[N+](C)(C)C)C(=O)[O-])C(N)=O.[CH3-].[CH3-].[Na+]. The second-order valence-electron chi connectivity index (χ2n) is 11.4. The maximum Gasteiger partial charge on any atom is 1.00 e. The second-order valence-corrected chi connectivity index (χ2v) is 11.4. The molecule has 3 unspecified atom stereocenters. The number of carboxylic acids is 1. The molecule has 0 radical (unpaired) electrons. The van der Waals surface area contributed by atoms with E-state index in [2.05, 4.69) is 19.4 Å². The van der Waals surface area contributed by atoms with Gasteiger partial charge in [-0.1, -0.05) is 28.2 Å². The average Bonchev–Trinajstić information content (AvgIpc) is 2.59. The van der Waals surface area contributed by atoms with Crippen LogP contribution in [0.2, 0.25) is 0 Å². The van der Waals surface area contributed by atoms with Crippen LogP contribution in [0.25, 0.3) is 0 Å². The smallest absolute Gasteiger partial charge is 0.550 e. The summed E-state index contributed by atoms with van der Waals surface area (Å²) in [6.45, 7) is 7.72. The molecule has 212 valence electrons. The van der Waals surface area contributed by atoms with Crippen LogP contribution in [0.5, 0.6) is 0 Å². The fraction of sp³-hybridized carbons (Fsp3) is 0.808. The van der Waals surface area contributed by atoms with Crippen LogP contribution in [0.1, 0.15) is 53.9 Å². The van der Waals surface area contributed by atoms with E-state index in [0.29, 0.717) is 35.0 Å². The first kappa shape index (κ1) is 45.2. The number of rotatable bonds is 16. The summed E-state index contributed by atoms with van der Waals surface area (Å²) in [4.78, 5) is 35.8. The first-order valence-corrected chi connectivity index (χ1v) is 11.5. The van der Waals surface area contributed by atoms with Gasteiger partial charge in [-0.2, -0.15) is 0 Å². The standard InChI is InChI=1S/C23H46N4O5.CH4.2CH3.Na/c1-9-17(20(24)29)13-18(21(30)31)14-23(2,3)22(32)25-11-10-12-27(7,8)16-19(28)15-26(4,5)6;;;;/h17-19,28H,9-16H2,1-8H3,(H2-2,24,25,29,30,31,32);1H4;2*1H3;/q;;2*-1;+1/p+1. The van der Waals surface area contributed by atoms with E-state index in [0.717, 1.165) is 13.0 Å². The molecule has 0 saturated carbocycles. The van der Waals surface area contributed by atoms with E-state index in [-0.39, 0.29) is 70.6 Å². The maximum atomic E-state index is 12.7. The number of nitrogens with zero attached hydrogens (tertiary/aromatic N) is 2. The van der Waals surface area contributed by atoms with Gasteiger partial charge in [-0.25, -0.2) is 0 Å². The van der Waals surface area contributed by atoms with Gasteiger partial charge in [0.2, 0.25) is 11.8 Å². The van der Waals surface area contributed by atoms with Crippen LogP contribution in [0.15, 0.2) is 0 Å². The number of hydrogen-bond donors (Lipinski definition) is 3. The Bertz CT molecular complexity index is 636. The molecule has 10 heteroatoms. The topological polar surface area (TPSA) is 133 Å². The zero-order valence-corrected chi connectivity index (χ0v) is 26.4. The van der Waals surface area contributed by atoms with E-state index in [4.69, 9.17) is 5.73 Å². The van der Waals surface area contributed by atoms with Crippen molar-refractivity contribution in [2.45, 2.75) is 60.0 Å². The minimum atomic E-state index is -1.27. The fourth-order valence-electron chi connectivity index (χ4n) is 4.10. The predicted octanol–water partition coefficient (Wildman–Crippen LogP) is -2.14. The summed E-state index contributed by atoms with van der Waals surface area (Å²) in [7, 11) is 10.2. The molecule has 0 aliphatic rings. The van der Waals surface area contributed by atoms with Crippen molar-refractivity contribution in [3.63, 3.8) is 0 Å². The summed E-state index contributed by atoms with van der Waals surface area (Å²) in [5.74, 6) is -3.51. The molecule has 0 aliphatic carbocycles. The zero-order valence-electron chi connectivity index (χ0n) is 24.4. The molecular weight excluding hydrogens is 471 g/mol. The number of nitrogens with two attached hydrogens (primary N) is 1. The van der Waals surface area contributed by atoms with E-state index in [9.17, 15) is 24.6 Å². The number of aliphatic hydroxyl groups is 1. The Labute approximate surface area is 244 Å². The molecule has 0 heterocycles. The summed E-state index contributed by atoms with van der Waals surface area (Å²) in [5.41, 5.74) is 4.42. The Morgan fingerprint density at radius 1 is 1.03 bits per heavy atom. The van der Waals surface area contributed by atoms with Gasteiger partial charge >= 0.3 is 29.6 Å². The molecule has 0 bridgehead atoms. The molecule has 0 aromatic heterocycles. The maximum absolute atomic E-state index is 12.7. The molecule has 0 aromatic rings. The van der Waals surface area contributed by atoms with E-state index in [1.54, 1.807) is 20.8 Å². The van der Waals surface area contributed by atoms with Crippen LogP contribution < -0.4 is 45.7 Å². The van der Waals surface area contributed by atoms with E-state index in [1.165, 1.54) is 0 Å². The number of likely N-dealkylation sites (N-methyl/N-ethyl adjacent to an activating group) is 2. The summed E-state index contributed by atoms with van der Waals surface area (Å²) in [5, 5.41) is 24.8.